The minimum atomic E-state index is 0.731. The fraction of sp³-hybridized carbons (Fsp3) is 0.0667. The van der Waals surface area contributed by atoms with Crippen LogP contribution in [0.4, 0.5) is 11.4 Å². The lowest BCUT2D eigenvalue weighted by molar-refractivity contribution is 1.19. The summed E-state index contributed by atoms with van der Waals surface area (Å²) in [6.45, 7) is 0. The Balaban J connectivity index is 2.11. The van der Waals surface area contributed by atoms with Gasteiger partial charge in [-0.2, -0.15) is 9.98 Å². The lowest BCUT2D eigenvalue weighted by Gasteiger charge is -2.02. The molecule has 0 saturated heterocycles. The molecule has 0 aliphatic carbocycles. The third-order valence-electron chi connectivity index (χ3n) is 2.65. The summed E-state index contributed by atoms with van der Waals surface area (Å²) in [6, 6.07) is 19.4. The van der Waals surface area contributed by atoms with Gasteiger partial charge >= 0.3 is 0 Å². The number of nitrogens with one attached hydrogen (secondary N) is 2. The van der Waals surface area contributed by atoms with Gasteiger partial charge in [-0.05, 0) is 41.8 Å². The third kappa shape index (κ3) is 3.58. The van der Waals surface area contributed by atoms with E-state index in [9.17, 15) is 0 Å². The van der Waals surface area contributed by atoms with Gasteiger partial charge in [0.2, 0.25) is 0 Å². The Morgan fingerprint density at radius 2 is 1.05 bits per heavy atom. The van der Waals surface area contributed by atoms with E-state index in [1.807, 2.05) is 60.5 Å². The fourth-order valence-electron chi connectivity index (χ4n) is 1.74. The highest BCUT2D eigenvalue weighted by Gasteiger charge is 1.97. The molecule has 2 N–H and O–H groups in total. The average Bonchev–Trinajstić information content (AvgIpc) is 2.44. The zero-order valence-corrected chi connectivity index (χ0v) is 10.2. The fourth-order valence-corrected chi connectivity index (χ4v) is 1.74. The molecule has 0 heterocycles. The number of nitrogens with zero attached hydrogens (tertiary/aromatic N) is 2. The van der Waals surface area contributed by atoms with Crippen molar-refractivity contribution in [1.29, 1.82) is 10.8 Å². The Bertz CT molecular complexity index is 584. The van der Waals surface area contributed by atoms with Gasteiger partial charge in [-0.1, -0.05) is 24.3 Å². The van der Waals surface area contributed by atoms with E-state index in [0.29, 0.717) is 0 Å². The smallest absolute Gasteiger partial charge is 0.0918 e. The van der Waals surface area contributed by atoms with E-state index in [-0.39, 0.29) is 0 Å². The molecule has 0 spiro atoms. The molecule has 2 aromatic carbocycles. The van der Waals surface area contributed by atoms with E-state index in [4.69, 9.17) is 10.8 Å². The summed E-state index contributed by atoms with van der Waals surface area (Å²) in [6.07, 6.45) is 0.823. The van der Waals surface area contributed by atoms with Gasteiger partial charge in [0, 0.05) is 0 Å². The van der Waals surface area contributed by atoms with Gasteiger partial charge in [-0.25, -0.2) is 10.8 Å². The van der Waals surface area contributed by atoms with Crippen LogP contribution in [0.2, 0.25) is 0 Å². The summed E-state index contributed by atoms with van der Waals surface area (Å²) >= 11 is 0. The van der Waals surface area contributed by atoms with Crippen LogP contribution in [-0.2, 0) is 6.42 Å². The first kappa shape index (κ1) is 12.7. The molecule has 4 nitrogen and oxygen atoms in total. The molecule has 0 aliphatic heterocycles. The molecule has 0 unspecified atom stereocenters. The molecule has 2 aromatic rings. The molecular formula is C15H12N4. The SMILES string of the molecule is N=C=Nc1ccc(Cc2ccc(N=C=N)cc2)cc1. The highest BCUT2D eigenvalue weighted by Crippen LogP contribution is 2.17. The van der Waals surface area contributed by atoms with Crippen LogP contribution in [0.25, 0.3) is 0 Å². The molecule has 0 aromatic heterocycles. The maximum Gasteiger partial charge on any atom is 0.0918 e. The van der Waals surface area contributed by atoms with Crippen molar-refractivity contribution in [3.05, 3.63) is 59.7 Å². The molecule has 92 valence electrons. The van der Waals surface area contributed by atoms with Gasteiger partial charge in [0.05, 0.1) is 23.4 Å². The standard InChI is InChI=1S/C15H12N4/c16-10-18-14-5-1-12(2-6-14)9-13-3-7-15(8-4-13)19-11-17/h1-8,16-17H,9H2. The van der Waals surface area contributed by atoms with E-state index in [0.717, 1.165) is 17.8 Å². The largest absolute Gasteiger partial charge is 0.241 e. The van der Waals surface area contributed by atoms with Gasteiger partial charge < -0.3 is 0 Å². The second-order valence-electron chi connectivity index (χ2n) is 3.96. The van der Waals surface area contributed by atoms with Crippen molar-refractivity contribution in [2.75, 3.05) is 0 Å². The van der Waals surface area contributed by atoms with Gasteiger partial charge in [-0.3, -0.25) is 0 Å². The first-order valence-electron chi connectivity index (χ1n) is 5.74. The number of aliphatic imine (C=N–C) groups is 2. The van der Waals surface area contributed by atoms with Crippen molar-refractivity contribution in [3.8, 4) is 0 Å². The molecule has 0 aliphatic rings. The summed E-state index contributed by atoms with van der Waals surface area (Å²) in [5.41, 5.74) is 3.81. The van der Waals surface area contributed by atoms with Gasteiger partial charge in [0.25, 0.3) is 0 Å². The topological polar surface area (TPSA) is 72.4 Å². The van der Waals surface area contributed by atoms with Crippen molar-refractivity contribution in [1.82, 2.24) is 0 Å². The Labute approximate surface area is 111 Å². The van der Waals surface area contributed by atoms with E-state index in [1.165, 1.54) is 11.1 Å². The molecule has 19 heavy (non-hydrogen) atoms. The Morgan fingerprint density at radius 1 is 0.684 bits per heavy atom. The average molecular weight is 248 g/mol. The molecule has 0 amide bonds. The minimum Gasteiger partial charge on any atom is -0.241 e. The van der Waals surface area contributed by atoms with Crippen LogP contribution in [0.1, 0.15) is 11.1 Å². The van der Waals surface area contributed by atoms with Crippen LogP contribution in [0.5, 0.6) is 0 Å². The third-order valence-corrected chi connectivity index (χ3v) is 2.65. The maximum absolute atomic E-state index is 6.78. The van der Waals surface area contributed by atoms with E-state index < -0.39 is 0 Å². The van der Waals surface area contributed by atoms with Crippen molar-refractivity contribution in [2.45, 2.75) is 6.42 Å². The summed E-state index contributed by atoms with van der Waals surface area (Å²) in [5.74, 6) is 0. The molecule has 0 atom stereocenters. The second kappa shape index (κ2) is 6.22. The normalized spacial score (nSPS) is 9.26. The summed E-state index contributed by atoms with van der Waals surface area (Å²) < 4.78 is 0. The molecule has 0 fully saturated rings. The van der Waals surface area contributed by atoms with Crippen LogP contribution >= 0.6 is 0 Å². The Hall–Kier alpha value is -2.80. The van der Waals surface area contributed by atoms with Gasteiger partial charge in [-0.15, -0.1) is 0 Å². The minimum absolute atomic E-state index is 0.731. The molecular weight excluding hydrogens is 236 g/mol. The Morgan fingerprint density at radius 3 is 1.37 bits per heavy atom. The summed E-state index contributed by atoms with van der Waals surface area (Å²) in [7, 11) is 0. The zero-order valence-electron chi connectivity index (χ0n) is 10.2. The van der Waals surface area contributed by atoms with E-state index >= 15 is 0 Å². The zero-order chi connectivity index (χ0) is 13.5. The van der Waals surface area contributed by atoms with Crippen LogP contribution in [0, 0.1) is 10.8 Å². The molecule has 2 rings (SSSR count). The predicted molar refractivity (Wildman–Crippen MR) is 75.3 cm³/mol. The summed E-state index contributed by atoms with van der Waals surface area (Å²) in [4.78, 5) is 7.53. The molecule has 4 heteroatoms. The van der Waals surface area contributed by atoms with Crippen molar-refractivity contribution in [2.24, 2.45) is 9.98 Å². The molecule has 0 saturated carbocycles. The van der Waals surface area contributed by atoms with Gasteiger partial charge in [0.15, 0.2) is 0 Å². The maximum atomic E-state index is 6.78. The molecule has 0 bridgehead atoms. The van der Waals surface area contributed by atoms with Gasteiger partial charge in [0.1, 0.15) is 0 Å². The highest BCUT2D eigenvalue weighted by molar-refractivity contribution is 5.52. The first-order chi connectivity index (χ1) is 9.31. The van der Waals surface area contributed by atoms with Crippen LogP contribution in [0.15, 0.2) is 58.5 Å². The lowest BCUT2D eigenvalue weighted by atomic mass is 10.0. The highest BCUT2D eigenvalue weighted by atomic mass is 14.7. The van der Waals surface area contributed by atoms with Crippen LogP contribution < -0.4 is 0 Å². The lowest BCUT2D eigenvalue weighted by Crippen LogP contribution is -1.86. The number of hydrogen-bond acceptors (Lipinski definition) is 4. The van der Waals surface area contributed by atoms with Crippen molar-refractivity contribution >= 4 is 23.4 Å². The monoisotopic (exact) mass is 248 g/mol. The van der Waals surface area contributed by atoms with Crippen LogP contribution in [0.3, 0.4) is 0 Å². The van der Waals surface area contributed by atoms with E-state index in [2.05, 4.69) is 9.98 Å². The van der Waals surface area contributed by atoms with Crippen molar-refractivity contribution in [3.63, 3.8) is 0 Å². The molecule has 0 radical (unpaired) electrons. The quantitative estimate of drug-likeness (QED) is 0.766. The number of hydrogen-bond donors (Lipinski definition) is 2. The number of benzene rings is 2. The predicted octanol–water partition coefficient (Wildman–Crippen LogP) is 4.05. The van der Waals surface area contributed by atoms with Crippen LogP contribution in [-0.4, -0.2) is 12.0 Å². The Kier molecular flexibility index (Phi) is 4.14. The number of rotatable bonds is 4. The summed E-state index contributed by atoms with van der Waals surface area (Å²) in [5, 5.41) is 13.6. The first-order valence-corrected chi connectivity index (χ1v) is 5.74. The van der Waals surface area contributed by atoms with Crippen molar-refractivity contribution < 1.29 is 0 Å². The van der Waals surface area contributed by atoms with E-state index in [1.54, 1.807) is 0 Å². The second-order valence-corrected chi connectivity index (χ2v) is 3.96.